The maximum absolute atomic E-state index is 13.0. The first-order valence-electron chi connectivity index (χ1n) is 12.1. The Kier molecular flexibility index (Phi) is 12.2. The molecule has 2 N–H and O–H groups in total. The summed E-state index contributed by atoms with van der Waals surface area (Å²) in [5, 5.41) is 14.2. The standard InChI is InChI=1S/C20H25FN4O2.2C2HF3O2/c21-17-13-23-19(24-14-17)25-9-6-20(7-10-25)16(5-12-27-20)4-11-26-15-18-3-1-2-8-22-18;2*3-2(4,5)1(6)7/h1-3,8,13-14,16H,4-7,9-12,15H2;2*(H,6,7). The minimum absolute atomic E-state index is 0.0646. The summed E-state index contributed by atoms with van der Waals surface area (Å²) in [6.45, 7) is 3.75. The van der Waals surface area contributed by atoms with Gasteiger partial charge in [-0.3, -0.25) is 4.98 Å². The summed E-state index contributed by atoms with van der Waals surface area (Å²) in [4.78, 5) is 32.4. The quantitative estimate of drug-likeness (QED) is 0.366. The number of anilines is 1. The van der Waals surface area contributed by atoms with Crippen molar-refractivity contribution in [3.05, 3.63) is 48.3 Å². The maximum atomic E-state index is 13.0. The van der Waals surface area contributed by atoms with Gasteiger partial charge in [-0.1, -0.05) is 6.07 Å². The molecule has 10 nitrogen and oxygen atoms in total. The summed E-state index contributed by atoms with van der Waals surface area (Å²) in [7, 11) is 0. The predicted molar refractivity (Wildman–Crippen MR) is 126 cm³/mol. The highest BCUT2D eigenvalue weighted by Crippen LogP contribution is 2.42. The zero-order valence-corrected chi connectivity index (χ0v) is 21.4. The van der Waals surface area contributed by atoms with E-state index in [-0.39, 0.29) is 5.60 Å². The molecule has 4 heterocycles. The molecule has 0 bridgehead atoms. The molecule has 41 heavy (non-hydrogen) atoms. The van der Waals surface area contributed by atoms with Crippen molar-refractivity contribution in [3.8, 4) is 0 Å². The maximum Gasteiger partial charge on any atom is 0.490 e. The van der Waals surface area contributed by atoms with Crippen LogP contribution in [0.25, 0.3) is 0 Å². The van der Waals surface area contributed by atoms with Crippen LogP contribution in [0.2, 0.25) is 0 Å². The molecule has 1 spiro atoms. The molecule has 0 aliphatic carbocycles. The molecule has 1 unspecified atom stereocenters. The fraction of sp³-hybridized carbons (Fsp3) is 0.542. The highest BCUT2D eigenvalue weighted by atomic mass is 19.4. The van der Waals surface area contributed by atoms with Gasteiger partial charge in [0.1, 0.15) is 0 Å². The Labute approximate surface area is 229 Å². The highest BCUT2D eigenvalue weighted by Gasteiger charge is 2.46. The Morgan fingerprint density at radius 3 is 2.05 bits per heavy atom. The number of carboxylic acids is 2. The molecule has 0 aromatic carbocycles. The first kappa shape index (κ1) is 33.6. The van der Waals surface area contributed by atoms with Crippen molar-refractivity contribution in [3.63, 3.8) is 0 Å². The zero-order valence-electron chi connectivity index (χ0n) is 21.4. The number of aliphatic carboxylic acids is 2. The van der Waals surface area contributed by atoms with Crippen molar-refractivity contribution >= 4 is 17.9 Å². The third-order valence-corrected chi connectivity index (χ3v) is 6.17. The molecule has 0 amide bonds. The number of carbonyl (C=O) groups is 2. The van der Waals surface area contributed by atoms with Gasteiger partial charge in [0, 0.05) is 32.5 Å². The second-order valence-electron chi connectivity index (χ2n) is 8.86. The molecule has 0 saturated carbocycles. The van der Waals surface area contributed by atoms with Crippen molar-refractivity contribution in [2.75, 3.05) is 31.2 Å². The number of pyridine rings is 1. The second-order valence-corrected chi connectivity index (χ2v) is 8.86. The van der Waals surface area contributed by atoms with Crippen molar-refractivity contribution in [1.82, 2.24) is 15.0 Å². The molecule has 228 valence electrons. The summed E-state index contributed by atoms with van der Waals surface area (Å²) in [5.74, 6) is -4.81. The first-order chi connectivity index (χ1) is 19.1. The van der Waals surface area contributed by atoms with Crippen LogP contribution in [0.5, 0.6) is 0 Å². The SMILES string of the molecule is Fc1cnc(N2CCC3(CC2)OCCC3CCOCc2ccccn2)nc1.O=C(O)C(F)(F)F.O=C(O)C(F)(F)F. The van der Waals surface area contributed by atoms with E-state index in [1.807, 2.05) is 18.2 Å². The molecule has 4 rings (SSSR count). The first-order valence-corrected chi connectivity index (χ1v) is 12.1. The Bertz CT molecular complexity index is 1070. The normalized spacial score (nSPS) is 18.1. The van der Waals surface area contributed by atoms with Gasteiger partial charge in [-0.15, -0.1) is 0 Å². The van der Waals surface area contributed by atoms with Crippen LogP contribution >= 0.6 is 0 Å². The van der Waals surface area contributed by atoms with Gasteiger partial charge in [0.25, 0.3) is 0 Å². The lowest BCUT2D eigenvalue weighted by atomic mass is 9.78. The highest BCUT2D eigenvalue weighted by molar-refractivity contribution is 5.73. The van der Waals surface area contributed by atoms with E-state index in [2.05, 4.69) is 19.9 Å². The van der Waals surface area contributed by atoms with Crippen LogP contribution in [0, 0.1) is 11.7 Å². The molecule has 2 fully saturated rings. The second kappa shape index (κ2) is 14.9. The van der Waals surface area contributed by atoms with Crippen LogP contribution in [0.15, 0.2) is 36.8 Å². The van der Waals surface area contributed by atoms with E-state index < -0.39 is 30.1 Å². The third kappa shape index (κ3) is 11.1. The molecule has 17 heteroatoms. The van der Waals surface area contributed by atoms with E-state index in [1.165, 1.54) is 12.4 Å². The lowest BCUT2D eigenvalue weighted by molar-refractivity contribution is -0.193. The van der Waals surface area contributed by atoms with Gasteiger partial charge in [-0.2, -0.15) is 26.3 Å². The Hall–Kier alpha value is -3.60. The summed E-state index contributed by atoms with van der Waals surface area (Å²) < 4.78 is 88.5. The van der Waals surface area contributed by atoms with Crippen LogP contribution in [0.1, 0.15) is 31.4 Å². The fourth-order valence-electron chi connectivity index (χ4n) is 4.19. The summed E-state index contributed by atoms with van der Waals surface area (Å²) >= 11 is 0. The van der Waals surface area contributed by atoms with Crippen molar-refractivity contribution in [1.29, 1.82) is 0 Å². The topological polar surface area (TPSA) is 135 Å². The lowest BCUT2D eigenvalue weighted by Crippen LogP contribution is -2.48. The van der Waals surface area contributed by atoms with Gasteiger partial charge in [-0.05, 0) is 43.7 Å². The smallest absolute Gasteiger partial charge is 0.475 e. The number of carboxylic acid groups (broad SMARTS) is 2. The van der Waals surface area contributed by atoms with E-state index in [1.54, 1.807) is 6.20 Å². The van der Waals surface area contributed by atoms with Crippen LogP contribution in [-0.4, -0.2) is 81.4 Å². The van der Waals surface area contributed by atoms with Gasteiger partial charge in [-0.25, -0.2) is 23.9 Å². The Balaban J connectivity index is 0.000000349. The zero-order chi connectivity index (χ0) is 30.7. The van der Waals surface area contributed by atoms with Gasteiger partial charge in [0.05, 0.1) is 30.3 Å². The number of hydrogen-bond donors (Lipinski definition) is 2. The van der Waals surface area contributed by atoms with Crippen LogP contribution in [-0.2, 0) is 25.7 Å². The molecular weight excluding hydrogens is 573 g/mol. The Morgan fingerprint density at radius 1 is 1.00 bits per heavy atom. The van der Waals surface area contributed by atoms with Crippen molar-refractivity contribution in [2.24, 2.45) is 5.92 Å². The molecule has 1 atom stereocenters. The van der Waals surface area contributed by atoms with Crippen LogP contribution in [0.4, 0.5) is 36.7 Å². The molecule has 2 aliphatic rings. The number of piperidine rings is 1. The van der Waals surface area contributed by atoms with E-state index in [0.29, 0.717) is 18.5 Å². The number of halogens is 7. The molecule has 2 aromatic heterocycles. The predicted octanol–water partition coefficient (Wildman–Crippen LogP) is 4.26. The molecule has 2 aromatic rings. The summed E-state index contributed by atoms with van der Waals surface area (Å²) in [5.41, 5.74) is 0.896. The summed E-state index contributed by atoms with van der Waals surface area (Å²) in [6.07, 6.45) is -1.96. The number of hydrogen-bond acceptors (Lipinski definition) is 8. The summed E-state index contributed by atoms with van der Waals surface area (Å²) in [6, 6.07) is 5.87. The number of nitrogens with zero attached hydrogens (tertiary/aromatic N) is 4. The van der Waals surface area contributed by atoms with Gasteiger partial charge in [0.2, 0.25) is 5.95 Å². The van der Waals surface area contributed by atoms with Crippen molar-refractivity contribution in [2.45, 2.75) is 50.2 Å². The van der Waals surface area contributed by atoms with E-state index in [0.717, 1.165) is 57.7 Å². The molecule has 2 aliphatic heterocycles. The third-order valence-electron chi connectivity index (χ3n) is 6.17. The largest absolute Gasteiger partial charge is 0.490 e. The van der Waals surface area contributed by atoms with E-state index in [9.17, 15) is 30.7 Å². The van der Waals surface area contributed by atoms with Crippen molar-refractivity contribution < 1.29 is 60.0 Å². The Morgan fingerprint density at radius 2 is 1.56 bits per heavy atom. The van der Waals surface area contributed by atoms with Gasteiger partial charge >= 0.3 is 24.3 Å². The lowest BCUT2D eigenvalue weighted by Gasteiger charge is -2.42. The number of rotatable bonds is 6. The fourth-order valence-corrected chi connectivity index (χ4v) is 4.19. The number of ether oxygens (including phenoxy) is 2. The van der Waals surface area contributed by atoms with Crippen LogP contribution < -0.4 is 4.90 Å². The molecule has 0 radical (unpaired) electrons. The number of aromatic nitrogens is 3. The van der Waals surface area contributed by atoms with E-state index in [4.69, 9.17) is 29.3 Å². The van der Waals surface area contributed by atoms with E-state index >= 15 is 0 Å². The molecule has 2 saturated heterocycles. The monoisotopic (exact) mass is 600 g/mol. The van der Waals surface area contributed by atoms with Gasteiger partial charge in [0.15, 0.2) is 5.82 Å². The van der Waals surface area contributed by atoms with Gasteiger partial charge < -0.3 is 24.6 Å². The minimum atomic E-state index is -5.08. The number of alkyl halides is 6. The van der Waals surface area contributed by atoms with Crippen LogP contribution in [0.3, 0.4) is 0 Å². The molecular formula is C24H27F7N4O6. The average molecular weight is 600 g/mol. The minimum Gasteiger partial charge on any atom is -0.475 e. The average Bonchev–Trinajstić information content (AvgIpc) is 3.29.